The molecule has 0 aliphatic carbocycles. The van der Waals surface area contributed by atoms with Crippen LogP contribution in [-0.4, -0.2) is 50.4 Å². The Morgan fingerprint density at radius 2 is 2.00 bits per heavy atom. The summed E-state index contributed by atoms with van der Waals surface area (Å²) in [7, 11) is 3.40. The summed E-state index contributed by atoms with van der Waals surface area (Å²) in [6, 6.07) is 5.08. The van der Waals surface area contributed by atoms with Crippen LogP contribution < -0.4 is 16.0 Å². The lowest BCUT2D eigenvalue weighted by atomic mass is 10.1. The van der Waals surface area contributed by atoms with Crippen molar-refractivity contribution in [1.29, 1.82) is 0 Å². The van der Waals surface area contributed by atoms with Gasteiger partial charge in [0.05, 0.1) is 17.9 Å². The maximum absolute atomic E-state index is 12.2. The van der Waals surface area contributed by atoms with Gasteiger partial charge in [0.1, 0.15) is 0 Å². The monoisotopic (exact) mass is 290 g/mol. The number of nitrogens with zero attached hydrogens (tertiary/aromatic N) is 2. The molecule has 0 unspecified atom stereocenters. The number of rotatable bonds is 4. The van der Waals surface area contributed by atoms with Crippen LogP contribution in [0.25, 0.3) is 0 Å². The van der Waals surface area contributed by atoms with E-state index in [1.165, 1.54) is 0 Å². The molecule has 0 atom stereocenters. The van der Waals surface area contributed by atoms with Crippen LogP contribution in [0.5, 0.6) is 0 Å². The van der Waals surface area contributed by atoms with Crippen molar-refractivity contribution in [2.45, 2.75) is 12.8 Å². The maximum atomic E-state index is 12.2. The summed E-state index contributed by atoms with van der Waals surface area (Å²) in [4.78, 5) is 27.5. The molecule has 3 N–H and O–H groups in total. The molecule has 0 aromatic heterocycles. The Kier molecular flexibility index (Phi) is 4.67. The first-order valence-electron chi connectivity index (χ1n) is 7.13. The number of nitrogens with two attached hydrogens (primary N) is 1. The minimum Gasteiger partial charge on any atom is -0.397 e. The van der Waals surface area contributed by atoms with Crippen molar-refractivity contribution in [2.24, 2.45) is 0 Å². The van der Waals surface area contributed by atoms with Crippen LogP contribution in [-0.2, 0) is 4.79 Å². The van der Waals surface area contributed by atoms with E-state index < -0.39 is 0 Å². The number of hydrogen-bond acceptors (Lipinski definition) is 4. The Balaban J connectivity index is 2.12. The Labute approximate surface area is 124 Å². The summed E-state index contributed by atoms with van der Waals surface area (Å²) in [5, 5.41) is 2.58. The Bertz CT molecular complexity index is 538. The minimum absolute atomic E-state index is 0.0970. The third kappa shape index (κ3) is 3.45. The molecule has 2 amide bonds. The molecule has 1 aliphatic heterocycles. The van der Waals surface area contributed by atoms with Gasteiger partial charge in [-0.2, -0.15) is 0 Å². The van der Waals surface area contributed by atoms with Gasteiger partial charge >= 0.3 is 0 Å². The number of benzene rings is 1. The number of nitrogen functional groups attached to an aromatic ring is 1. The lowest BCUT2D eigenvalue weighted by Crippen LogP contribution is -2.37. The van der Waals surface area contributed by atoms with Gasteiger partial charge in [0.25, 0.3) is 5.91 Å². The number of hydrogen-bond donors (Lipinski definition) is 2. The van der Waals surface area contributed by atoms with Crippen molar-refractivity contribution in [3.8, 4) is 0 Å². The molecule has 1 heterocycles. The molecule has 6 heteroatoms. The van der Waals surface area contributed by atoms with Gasteiger partial charge in [-0.15, -0.1) is 0 Å². The fraction of sp³-hybridized carbons (Fsp3) is 0.467. The summed E-state index contributed by atoms with van der Waals surface area (Å²) in [6.45, 7) is 1.93. The van der Waals surface area contributed by atoms with Crippen molar-refractivity contribution < 1.29 is 9.59 Å². The zero-order valence-corrected chi connectivity index (χ0v) is 12.6. The second kappa shape index (κ2) is 6.47. The average molecular weight is 290 g/mol. The van der Waals surface area contributed by atoms with E-state index in [-0.39, 0.29) is 18.4 Å². The van der Waals surface area contributed by atoms with Gasteiger partial charge in [-0.25, -0.2) is 0 Å². The molecule has 1 saturated heterocycles. The molecular formula is C15H22N4O2. The second-order valence-electron chi connectivity index (χ2n) is 5.30. The lowest BCUT2D eigenvalue weighted by molar-refractivity contribution is -0.128. The highest BCUT2D eigenvalue weighted by atomic mass is 16.2. The van der Waals surface area contributed by atoms with Crippen LogP contribution in [0.4, 0.5) is 11.4 Å². The highest BCUT2D eigenvalue weighted by Crippen LogP contribution is 2.24. The van der Waals surface area contributed by atoms with E-state index in [9.17, 15) is 9.59 Å². The first-order chi connectivity index (χ1) is 10.0. The highest BCUT2D eigenvalue weighted by Gasteiger charge is 2.20. The maximum Gasteiger partial charge on any atom is 0.251 e. The molecule has 1 fully saturated rings. The summed E-state index contributed by atoms with van der Waals surface area (Å²) in [6.07, 6.45) is 2.15. The third-order valence-corrected chi connectivity index (χ3v) is 3.76. The zero-order valence-electron chi connectivity index (χ0n) is 12.6. The average Bonchev–Trinajstić information content (AvgIpc) is 3.01. The molecular weight excluding hydrogens is 268 g/mol. The summed E-state index contributed by atoms with van der Waals surface area (Å²) >= 11 is 0. The summed E-state index contributed by atoms with van der Waals surface area (Å²) < 4.78 is 0. The molecule has 0 saturated carbocycles. The molecule has 0 bridgehead atoms. The summed E-state index contributed by atoms with van der Waals surface area (Å²) in [5.74, 6) is -0.0738. The van der Waals surface area contributed by atoms with E-state index in [0.717, 1.165) is 25.9 Å². The van der Waals surface area contributed by atoms with E-state index in [1.54, 1.807) is 30.1 Å². The van der Waals surface area contributed by atoms with E-state index in [4.69, 9.17) is 5.73 Å². The molecule has 0 radical (unpaired) electrons. The first-order valence-corrected chi connectivity index (χ1v) is 7.13. The van der Waals surface area contributed by atoms with Crippen molar-refractivity contribution in [3.05, 3.63) is 23.8 Å². The molecule has 1 aromatic rings. The second-order valence-corrected chi connectivity index (χ2v) is 5.30. The van der Waals surface area contributed by atoms with Gasteiger partial charge in [-0.1, -0.05) is 0 Å². The predicted molar refractivity (Wildman–Crippen MR) is 83.3 cm³/mol. The molecule has 6 nitrogen and oxygen atoms in total. The molecule has 1 aliphatic rings. The van der Waals surface area contributed by atoms with Gasteiger partial charge in [-0.05, 0) is 31.0 Å². The minimum atomic E-state index is -0.171. The smallest absolute Gasteiger partial charge is 0.251 e. The SMILES string of the molecule is CNC(=O)c1ccc(N)c(N(C)CC(=O)N2CCCC2)c1. The van der Waals surface area contributed by atoms with Crippen molar-refractivity contribution >= 4 is 23.2 Å². The fourth-order valence-electron chi connectivity index (χ4n) is 2.51. The molecule has 2 rings (SSSR count). The number of carbonyl (C=O) groups is 2. The van der Waals surface area contributed by atoms with E-state index in [1.807, 2.05) is 11.9 Å². The standard InChI is InChI=1S/C15H22N4O2/c1-17-15(21)11-5-6-12(16)13(9-11)18(2)10-14(20)19-7-3-4-8-19/h5-6,9H,3-4,7-8,10,16H2,1-2H3,(H,17,21). The van der Waals surface area contributed by atoms with Gasteiger partial charge in [0.15, 0.2) is 0 Å². The van der Waals surface area contributed by atoms with Crippen molar-refractivity contribution in [1.82, 2.24) is 10.2 Å². The number of likely N-dealkylation sites (N-methyl/N-ethyl adjacent to an activating group) is 1. The largest absolute Gasteiger partial charge is 0.397 e. The van der Waals surface area contributed by atoms with Crippen LogP contribution in [0.3, 0.4) is 0 Å². The molecule has 1 aromatic carbocycles. The van der Waals surface area contributed by atoms with Crippen LogP contribution in [0, 0.1) is 0 Å². The van der Waals surface area contributed by atoms with Crippen LogP contribution in [0.2, 0.25) is 0 Å². The Morgan fingerprint density at radius 1 is 1.33 bits per heavy atom. The van der Waals surface area contributed by atoms with Gasteiger partial charge in [0, 0.05) is 32.7 Å². The third-order valence-electron chi connectivity index (χ3n) is 3.76. The molecule has 21 heavy (non-hydrogen) atoms. The molecule has 114 valence electrons. The highest BCUT2D eigenvalue weighted by molar-refractivity contribution is 5.96. The van der Waals surface area contributed by atoms with E-state index in [2.05, 4.69) is 5.32 Å². The number of amides is 2. The van der Waals surface area contributed by atoms with Crippen molar-refractivity contribution in [2.75, 3.05) is 44.4 Å². The normalized spacial score (nSPS) is 14.1. The predicted octanol–water partition coefficient (Wildman–Crippen LogP) is 0.687. The van der Waals surface area contributed by atoms with Gasteiger partial charge in [-0.3, -0.25) is 9.59 Å². The van der Waals surface area contributed by atoms with Crippen LogP contribution >= 0.6 is 0 Å². The Morgan fingerprint density at radius 3 is 2.62 bits per heavy atom. The van der Waals surface area contributed by atoms with Gasteiger partial charge in [0.2, 0.25) is 5.91 Å². The Hall–Kier alpha value is -2.24. The molecule has 0 spiro atoms. The summed E-state index contributed by atoms with van der Waals surface area (Å²) in [5.41, 5.74) is 7.75. The number of likely N-dealkylation sites (tertiary alicyclic amines) is 1. The van der Waals surface area contributed by atoms with E-state index >= 15 is 0 Å². The van der Waals surface area contributed by atoms with Crippen LogP contribution in [0.1, 0.15) is 23.2 Å². The number of anilines is 2. The topological polar surface area (TPSA) is 78.7 Å². The first kappa shape index (κ1) is 15.2. The van der Waals surface area contributed by atoms with Crippen molar-refractivity contribution in [3.63, 3.8) is 0 Å². The van der Waals surface area contributed by atoms with Crippen LogP contribution in [0.15, 0.2) is 18.2 Å². The van der Waals surface area contributed by atoms with Gasteiger partial charge < -0.3 is 20.9 Å². The number of nitrogens with one attached hydrogen (secondary N) is 1. The zero-order chi connectivity index (χ0) is 15.4. The fourth-order valence-corrected chi connectivity index (χ4v) is 2.51. The van der Waals surface area contributed by atoms with E-state index in [0.29, 0.717) is 16.9 Å². The lowest BCUT2D eigenvalue weighted by Gasteiger charge is -2.24. The quantitative estimate of drug-likeness (QED) is 0.800. The number of carbonyl (C=O) groups excluding carboxylic acids is 2.